The van der Waals surface area contributed by atoms with Crippen LogP contribution in [0.1, 0.15) is 188 Å². The van der Waals surface area contributed by atoms with Crippen LogP contribution in [0.3, 0.4) is 0 Å². The van der Waals surface area contributed by atoms with E-state index in [1.165, 1.54) is 42.8 Å². The van der Waals surface area contributed by atoms with Gasteiger partial charge in [0.2, 0.25) is 0 Å². The number of amides is 3. The highest BCUT2D eigenvalue weighted by Gasteiger charge is 2.34. The van der Waals surface area contributed by atoms with Gasteiger partial charge in [-0.3, -0.25) is 33.2 Å². The number of piperidine rings is 3. The molecule has 0 spiro atoms. The van der Waals surface area contributed by atoms with Gasteiger partial charge in [-0.1, -0.05) is 32.9 Å². The molecule has 1 N–H and O–H groups in total. The highest BCUT2D eigenvalue weighted by molar-refractivity contribution is 5.97. The van der Waals surface area contributed by atoms with Crippen LogP contribution in [0.25, 0.3) is 0 Å². The molecule has 3 aliphatic carbocycles. The zero-order chi connectivity index (χ0) is 49.9. The summed E-state index contributed by atoms with van der Waals surface area (Å²) < 4.78 is 25.2. The summed E-state index contributed by atoms with van der Waals surface area (Å²) in [6.45, 7) is 14.3. The molecule has 3 fully saturated rings. The first-order valence-electron chi connectivity index (χ1n) is 27.3. The number of likely N-dealkylation sites (tertiary alicyclic amines) is 3. The lowest BCUT2D eigenvalue weighted by atomic mass is 9.92. The molecule has 0 bridgehead atoms. The number of Topliss-reactive ketones (excluding diaryl/α,β-unsaturated/α-hetero) is 1. The number of nitrogens with zero attached hydrogens (tertiary/aromatic N) is 9. The maximum absolute atomic E-state index is 13.2. The van der Waals surface area contributed by atoms with E-state index in [1.54, 1.807) is 12.1 Å². The average molecular weight is 980 g/mol. The van der Waals surface area contributed by atoms with E-state index in [1.807, 2.05) is 28.7 Å². The molecule has 0 radical (unpaired) electrons. The first-order valence-corrected chi connectivity index (χ1v) is 27.3. The number of aliphatic hydroxyl groups is 1. The normalized spacial score (nSPS) is 20.0. The van der Waals surface area contributed by atoms with Crippen LogP contribution >= 0.6 is 0 Å². The van der Waals surface area contributed by atoms with Crippen LogP contribution in [-0.4, -0.2) is 124 Å². The van der Waals surface area contributed by atoms with Crippen LogP contribution in [0.2, 0.25) is 0 Å². The predicted molar refractivity (Wildman–Crippen MR) is 269 cm³/mol. The Hall–Kier alpha value is -5.22. The van der Waals surface area contributed by atoms with Gasteiger partial charge in [0.15, 0.2) is 17.1 Å². The fourth-order valence-corrected chi connectivity index (χ4v) is 11.3. The minimum Gasteiger partial charge on any atom is -0.393 e. The molecule has 3 saturated heterocycles. The number of carbonyl (C=O) groups is 4. The largest absolute Gasteiger partial charge is 0.393 e. The second kappa shape index (κ2) is 24.9. The molecule has 6 heterocycles. The van der Waals surface area contributed by atoms with Crippen LogP contribution in [0.4, 0.5) is 4.39 Å². The Morgan fingerprint density at radius 2 is 1.00 bits per heavy atom. The van der Waals surface area contributed by atoms with Gasteiger partial charge < -0.3 is 24.5 Å². The van der Waals surface area contributed by atoms with Crippen molar-refractivity contribution in [3.63, 3.8) is 0 Å². The van der Waals surface area contributed by atoms with Gasteiger partial charge in [-0.05, 0) is 127 Å². The lowest BCUT2D eigenvalue weighted by Gasteiger charge is -2.27. The lowest BCUT2D eigenvalue weighted by molar-refractivity contribution is -0.118. The Balaban J connectivity index is 0.000000146. The molecule has 71 heavy (non-hydrogen) atoms. The van der Waals surface area contributed by atoms with Crippen molar-refractivity contribution in [1.29, 1.82) is 0 Å². The molecular formula is C55H78FN9O6. The topological polar surface area (TPSA) is 161 Å². The quantitative estimate of drug-likeness (QED) is 0.149. The zero-order valence-electron chi connectivity index (χ0n) is 42.8. The monoisotopic (exact) mass is 980 g/mol. The minimum absolute atomic E-state index is 0.0236. The second-order valence-electron chi connectivity index (χ2n) is 20.5. The number of aliphatic hydroxyl groups excluding tert-OH is 1. The van der Waals surface area contributed by atoms with Crippen LogP contribution in [-0.2, 0) is 74.3 Å². The van der Waals surface area contributed by atoms with Crippen LogP contribution in [0.5, 0.6) is 0 Å². The standard InChI is InChI=1S/C23H30FN3O2.C16H25N3O2.C16H23N3O2/c1-2-12-27-21-11-10-19(29-16-17-6-8-18(24)9-7-17)15-20(21)22(25-27)23(28)26-13-4-3-5-14-26;2*1-2-8-19-14-7-6-12(20)11-13(14)15(17-19)16(21)18-9-4-3-5-10-18/h6-9,19H,2-5,10-16H2,1H3;12,20H,2-11H2,1H3;2-11H2,1H3. The van der Waals surface area contributed by atoms with Gasteiger partial charge in [-0.2, -0.15) is 15.3 Å². The van der Waals surface area contributed by atoms with Gasteiger partial charge in [0.1, 0.15) is 11.6 Å². The van der Waals surface area contributed by atoms with E-state index in [0.29, 0.717) is 43.0 Å². The third-order valence-electron chi connectivity index (χ3n) is 15.0. The van der Waals surface area contributed by atoms with Crippen molar-refractivity contribution < 1.29 is 33.4 Å². The molecule has 2 unspecified atom stereocenters. The van der Waals surface area contributed by atoms with Crippen LogP contribution in [0, 0.1) is 5.82 Å². The predicted octanol–water partition coefficient (Wildman–Crippen LogP) is 7.88. The highest BCUT2D eigenvalue weighted by Crippen LogP contribution is 2.31. The molecule has 2 atom stereocenters. The van der Waals surface area contributed by atoms with E-state index < -0.39 is 0 Å². The minimum atomic E-state index is -0.329. The van der Waals surface area contributed by atoms with Crippen molar-refractivity contribution in [3.05, 3.63) is 86.5 Å². The van der Waals surface area contributed by atoms with E-state index in [9.17, 15) is 28.7 Å². The number of rotatable bonds is 12. The summed E-state index contributed by atoms with van der Waals surface area (Å²) in [6, 6.07) is 6.44. The van der Waals surface area contributed by atoms with Crippen molar-refractivity contribution in [3.8, 4) is 0 Å². The van der Waals surface area contributed by atoms with Crippen molar-refractivity contribution in [2.75, 3.05) is 39.3 Å². The molecule has 3 amide bonds. The molecular weight excluding hydrogens is 902 g/mol. The number of benzene rings is 1. The van der Waals surface area contributed by atoms with Gasteiger partial charge in [-0.25, -0.2) is 4.39 Å². The summed E-state index contributed by atoms with van der Waals surface area (Å²) in [5.41, 5.74) is 9.17. The Morgan fingerprint density at radius 3 is 1.46 bits per heavy atom. The van der Waals surface area contributed by atoms with E-state index >= 15 is 0 Å². The Bertz CT molecular complexity index is 2440. The number of aromatic nitrogens is 6. The molecule has 6 aliphatic rings. The maximum atomic E-state index is 13.2. The molecule has 3 aliphatic heterocycles. The van der Waals surface area contributed by atoms with Gasteiger partial charge in [-0.15, -0.1) is 0 Å². The van der Waals surface area contributed by atoms with Crippen molar-refractivity contribution in [2.24, 2.45) is 0 Å². The zero-order valence-corrected chi connectivity index (χ0v) is 42.8. The van der Waals surface area contributed by atoms with Crippen molar-refractivity contribution in [1.82, 2.24) is 44.0 Å². The summed E-state index contributed by atoms with van der Waals surface area (Å²) in [4.78, 5) is 56.3. The molecule has 15 nitrogen and oxygen atoms in total. The molecule has 16 heteroatoms. The molecule has 386 valence electrons. The third-order valence-corrected chi connectivity index (χ3v) is 15.0. The van der Waals surface area contributed by atoms with E-state index in [-0.39, 0.29) is 41.5 Å². The lowest BCUT2D eigenvalue weighted by Crippen LogP contribution is -2.36. The second-order valence-corrected chi connectivity index (χ2v) is 20.5. The third kappa shape index (κ3) is 12.7. The van der Waals surface area contributed by atoms with Crippen molar-refractivity contribution >= 4 is 23.5 Å². The van der Waals surface area contributed by atoms with Gasteiger partial charge >= 0.3 is 0 Å². The maximum Gasteiger partial charge on any atom is 0.274 e. The molecule has 4 aromatic rings. The number of hydrogen-bond donors (Lipinski definition) is 1. The van der Waals surface area contributed by atoms with E-state index in [0.717, 1.165) is 183 Å². The van der Waals surface area contributed by atoms with Crippen LogP contribution < -0.4 is 0 Å². The SMILES string of the molecule is CCCn1nc(C(=O)N2CCCCC2)c2c1CCC(=O)C2.CCCn1nc(C(=O)N2CCCCC2)c2c1CCC(O)C2.CCCn1nc(C(=O)N2CCCCC2)c2c1CCC(OCc1ccc(F)cc1)C2. The van der Waals surface area contributed by atoms with Crippen molar-refractivity contribution in [2.45, 2.75) is 194 Å². The van der Waals surface area contributed by atoms with E-state index in [4.69, 9.17) is 9.84 Å². The molecule has 3 aromatic heterocycles. The Morgan fingerprint density at radius 1 is 0.577 bits per heavy atom. The molecule has 1 aromatic carbocycles. The number of fused-ring (bicyclic) bond motifs is 3. The summed E-state index contributed by atoms with van der Waals surface area (Å²) in [7, 11) is 0. The van der Waals surface area contributed by atoms with Gasteiger partial charge in [0, 0.05) is 118 Å². The summed E-state index contributed by atoms with van der Waals surface area (Å²) in [6.07, 6.45) is 19.2. The smallest absolute Gasteiger partial charge is 0.274 e. The van der Waals surface area contributed by atoms with E-state index in [2.05, 4.69) is 31.0 Å². The number of aryl methyl sites for hydroxylation is 3. The Labute approximate surface area is 419 Å². The number of ether oxygens (including phenoxy) is 1. The summed E-state index contributed by atoms with van der Waals surface area (Å²) in [5, 5.41) is 23.9. The molecule has 10 rings (SSSR count). The summed E-state index contributed by atoms with van der Waals surface area (Å²) >= 11 is 0. The highest BCUT2D eigenvalue weighted by atomic mass is 19.1. The summed E-state index contributed by atoms with van der Waals surface area (Å²) in [5.74, 6) is 0.159. The number of hydrogen-bond acceptors (Lipinski definition) is 9. The van der Waals surface area contributed by atoms with Crippen LogP contribution in [0.15, 0.2) is 24.3 Å². The first kappa shape index (κ1) is 52.1. The van der Waals surface area contributed by atoms with Gasteiger partial charge in [0.05, 0.1) is 18.8 Å². The number of halogens is 1. The first-order chi connectivity index (χ1) is 34.6. The van der Waals surface area contributed by atoms with Gasteiger partial charge in [0.25, 0.3) is 17.7 Å². The average Bonchev–Trinajstić information content (AvgIpc) is 4.07. The number of carbonyl (C=O) groups excluding carboxylic acids is 4. The fourth-order valence-electron chi connectivity index (χ4n) is 11.3. The Kier molecular flexibility index (Phi) is 18.3. The fraction of sp³-hybridized carbons (Fsp3) is 0.655. The molecule has 0 saturated carbocycles. The number of ketones is 1.